The molecule has 0 saturated heterocycles. The summed E-state index contributed by atoms with van der Waals surface area (Å²) >= 11 is 3.36. The van der Waals surface area contributed by atoms with E-state index in [0.717, 1.165) is 16.5 Å². The van der Waals surface area contributed by atoms with Gasteiger partial charge in [-0.3, -0.25) is 9.59 Å². The molecule has 0 heterocycles. The van der Waals surface area contributed by atoms with Crippen molar-refractivity contribution in [2.45, 2.75) is 32.2 Å². The molecule has 19 heavy (non-hydrogen) atoms. The highest BCUT2D eigenvalue weighted by molar-refractivity contribution is 9.10. The Labute approximate surface area is 120 Å². The lowest BCUT2D eigenvalue weighted by molar-refractivity contribution is -0.141. The van der Waals surface area contributed by atoms with Crippen molar-refractivity contribution in [3.8, 4) is 0 Å². The van der Waals surface area contributed by atoms with Gasteiger partial charge in [0.25, 0.3) is 5.91 Å². The lowest BCUT2D eigenvalue weighted by Gasteiger charge is -2.13. The second kappa shape index (κ2) is 5.74. The van der Waals surface area contributed by atoms with Gasteiger partial charge in [-0.05, 0) is 54.2 Å². The van der Waals surface area contributed by atoms with Crippen LogP contribution in [0.5, 0.6) is 0 Å². The first-order valence-electron chi connectivity index (χ1n) is 6.27. The summed E-state index contributed by atoms with van der Waals surface area (Å²) in [7, 11) is 0. The number of amides is 1. The number of hydrogen-bond acceptors (Lipinski definition) is 2. The van der Waals surface area contributed by atoms with Gasteiger partial charge in [0.15, 0.2) is 0 Å². The lowest BCUT2D eigenvalue weighted by atomic mass is 10.1. The Bertz CT molecular complexity index is 515. The smallest absolute Gasteiger partial charge is 0.306 e. The highest BCUT2D eigenvalue weighted by Crippen LogP contribution is 2.26. The highest BCUT2D eigenvalue weighted by Gasteiger charge is 2.30. The van der Waals surface area contributed by atoms with Crippen molar-refractivity contribution < 1.29 is 14.7 Å². The summed E-state index contributed by atoms with van der Waals surface area (Å²) in [5.41, 5.74) is 1.61. The average Bonchev–Trinajstić information content (AvgIpc) is 2.80. The molecule has 2 unspecified atom stereocenters. The van der Waals surface area contributed by atoms with E-state index >= 15 is 0 Å². The largest absolute Gasteiger partial charge is 0.481 e. The Kier molecular flexibility index (Phi) is 4.24. The van der Waals surface area contributed by atoms with Crippen LogP contribution in [0.1, 0.15) is 35.2 Å². The molecule has 0 radical (unpaired) electrons. The third-order valence-corrected chi connectivity index (χ3v) is 4.18. The molecule has 102 valence electrons. The number of carboxylic acids is 1. The van der Waals surface area contributed by atoms with Gasteiger partial charge in [-0.25, -0.2) is 0 Å². The summed E-state index contributed by atoms with van der Waals surface area (Å²) in [6.07, 6.45) is 1.88. The van der Waals surface area contributed by atoms with Crippen molar-refractivity contribution in [1.82, 2.24) is 5.32 Å². The first kappa shape index (κ1) is 14.1. The average molecular weight is 326 g/mol. The van der Waals surface area contributed by atoms with E-state index in [1.807, 2.05) is 25.1 Å². The van der Waals surface area contributed by atoms with Gasteiger partial charge in [-0.2, -0.15) is 0 Å². The first-order chi connectivity index (χ1) is 8.97. The SMILES string of the molecule is Cc1ccc(Br)c(C(=O)NC2CCC(C(=O)O)C2)c1. The molecule has 1 aliphatic rings. The van der Waals surface area contributed by atoms with E-state index in [9.17, 15) is 9.59 Å². The summed E-state index contributed by atoms with van der Waals surface area (Å²) in [5, 5.41) is 11.9. The van der Waals surface area contributed by atoms with Crippen LogP contribution in [-0.2, 0) is 4.79 Å². The monoisotopic (exact) mass is 325 g/mol. The van der Waals surface area contributed by atoms with Crippen LogP contribution in [0.15, 0.2) is 22.7 Å². The van der Waals surface area contributed by atoms with Crippen LogP contribution < -0.4 is 5.32 Å². The van der Waals surface area contributed by atoms with E-state index in [4.69, 9.17) is 5.11 Å². The molecule has 2 N–H and O–H groups in total. The molecule has 0 spiro atoms. The number of hydrogen-bond donors (Lipinski definition) is 2. The Hall–Kier alpha value is -1.36. The summed E-state index contributed by atoms with van der Waals surface area (Å²) in [5.74, 6) is -1.24. The maximum atomic E-state index is 12.2. The second-order valence-electron chi connectivity index (χ2n) is 5.00. The summed E-state index contributed by atoms with van der Waals surface area (Å²) in [6, 6.07) is 5.56. The summed E-state index contributed by atoms with van der Waals surface area (Å²) < 4.78 is 0.753. The van der Waals surface area contributed by atoms with E-state index < -0.39 is 5.97 Å². The lowest BCUT2D eigenvalue weighted by Crippen LogP contribution is -2.33. The molecule has 0 aliphatic heterocycles. The van der Waals surface area contributed by atoms with Crippen molar-refractivity contribution in [1.29, 1.82) is 0 Å². The predicted octanol–water partition coefficient (Wildman–Crippen LogP) is 2.74. The summed E-state index contributed by atoms with van der Waals surface area (Å²) in [4.78, 5) is 23.0. The molecule has 4 nitrogen and oxygen atoms in total. The number of benzene rings is 1. The number of aliphatic carboxylic acids is 1. The first-order valence-corrected chi connectivity index (χ1v) is 7.06. The van der Waals surface area contributed by atoms with Crippen LogP contribution in [0.2, 0.25) is 0 Å². The van der Waals surface area contributed by atoms with Crippen LogP contribution >= 0.6 is 15.9 Å². The van der Waals surface area contributed by atoms with E-state index in [0.29, 0.717) is 18.4 Å². The van der Waals surface area contributed by atoms with E-state index in [1.54, 1.807) is 0 Å². The summed E-state index contributed by atoms with van der Waals surface area (Å²) in [6.45, 7) is 1.93. The molecule has 1 aliphatic carbocycles. The van der Waals surface area contributed by atoms with Gasteiger partial charge in [0.1, 0.15) is 0 Å². The van der Waals surface area contributed by atoms with E-state index in [1.165, 1.54) is 0 Å². The van der Waals surface area contributed by atoms with Gasteiger partial charge in [-0.15, -0.1) is 0 Å². The molecule has 1 aromatic carbocycles. The molecular weight excluding hydrogens is 310 g/mol. The minimum Gasteiger partial charge on any atom is -0.481 e. The van der Waals surface area contributed by atoms with Crippen molar-refractivity contribution in [2.75, 3.05) is 0 Å². The van der Waals surface area contributed by atoms with Crippen molar-refractivity contribution >= 4 is 27.8 Å². The quantitative estimate of drug-likeness (QED) is 0.897. The van der Waals surface area contributed by atoms with Crippen LogP contribution in [0.4, 0.5) is 0 Å². The van der Waals surface area contributed by atoms with Crippen LogP contribution in [0.3, 0.4) is 0 Å². The van der Waals surface area contributed by atoms with Gasteiger partial charge in [0.2, 0.25) is 0 Å². The number of carbonyl (C=O) groups excluding carboxylic acids is 1. The molecule has 1 saturated carbocycles. The fraction of sp³-hybridized carbons (Fsp3) is 0.429. The number of nitrogens with one attached hydrogen (secondary N) is 1. The zero-order valence-corrected chi connectivity index (χ0v) is 12.2. The molecule has 1 amide bonds. The second-order valence-corrected chi connectivity index (χ2v) is 5.86. The molecular formula is C14H16BrNO3. The minimum atomic E-state index is -0.770. The van der Waals surface area contributed by atoms with Gasteiger partial charge in [0, 0.05) is 10.5 Å². The Morgan fingerprint density at radius 3 is 2.74 bits per heavy atom. The number of carbonyl (C=O) groups is 2. The zero-order valence-electron chi connectivity index (χ0n) is 10.6. The molecule has 0 aromatic heterocycles. The Morgan fingerprint density at radius 1 is 1.37 bits per heavy atom. The zero-order chi connectivity index (χ0) is 14.0. The molecule has 2 rings (SSSR count). The van der Waals surface area contributed by atoms with Crippen LogP contribution in [0.25, 0.3) is 0 Å². The number of aryl methyl sites for hydroxylation is 1. The van der Waals surface area contributed by atoms with Crippen LogP contribution in [0, 0.1) is 12.8 Å². The van der Waals surface area contributed by atoms with Gasteiger partial charge in [0.05, 0.1) is 11.5 Å². The third kappa shape index (κ3) is 3.35. The van der Waals surface area contributed by atoms with Gasteiger partial charge < -0.3 is 10.4 Å². The van der Waals surface area contributed by atoms with Crippen LogP contribution in [-0.4, -0.2) is 23.0 Å². The van der Waals surface area contributed by atoms with Crippen molar-refractivity contribution in [2.24, 2.45) is 5.92 Å². The van der Waals surface area contributed by atoms with Gasteiger partial charge >= 0.3 is 5.97 Å². The Balaban J connectivity index is 2.02. The predicted molar refractivity (Wildman–Crippen MR) is 75.1 cm³/mol. The maximum Gasteiger partial charge on any atom is 0.306 e. The topological polar surface area (TPSA) is 66.4 Å². The third-order valence-electron chi connectivity index (χ3n) is 3.48. The van der Waals surface area contributed by atoms with Crippen molar-refractivity contribution in [3.05, 3.63) is 33.8 Å². The van der Waals surface area contributed by atoms with E-state index in [2.05, 4.69) is 21.2 Å². The number of carboxylic acid groups (broad SMARTS) is 1. The Morgan fingerprint density at radius 2 is 2.11 bits per heavy atom. The van der Waals surface area contributed by atoms with E-state index in [-0.39, 0.29) is 17.9 Å². The minimum absolute atomic E-state index is 0.0407. The fourth-order valence-corrected chi connectivity index (χ4v) is 2.84. The van der Waals surface area contributed by atoms with Gasteiger partial charge in [-0.1, -0.05) is 11.6 Å². The normalized spacial score (nSPS) is 22.2. The number of rotatable bonds is 3. The molecule has 1 aromatic rings. The van der Waals surface area contributed by atoms with Crippen molar-refractivity contribution in [3.63, 3.8) is 0 Å². The fourth-order valence-electron chi connectivity index (χ4n) is 2.41. The molecule has 2 atom stereocenters. The standard InChI is InChI=1S/C14H16BrNO3/c1-8-2-5-12(15)11(6-8)13(17)16-10-4-3-9(7-10)14(18)19/h2,5-6,9-10H,3-4,7H2,1H3,(H,16,17)(H,18,19). The molecule has 0 bridgehead atoms. The molecule has 1 fully saturated rings. The number of halogens is 1. The highest BCUT2D eigenvalue weighted by atomic mass is 79.9. The molecule has 5 heteroatoms. The maximum absolute atomic E-state index is 12.2.